The molecule has 2 heterocycles. The highest BCUT2D eigenvalue weighted by Crippen LogP contribution is 2.35. The summed E-state index contributed by atoms with van der Waals surface area (Å²) in [4.78, 5) is 28.7. The second-order valence-electron chi connectivity index (χ2n) is 6.69. The Hall–Kier alpha value is -2.54. The summed E-state index contributed by atoms with van der Waals surface area (Å²) in [6, 6.07) is 6.13. The van der Waals surface area contributed by atoms with Gasteiger partial charge in [0.15, 0.2) is 0 Å². The third-order valence-electron chi connectivity index (χ3n) is 4.77. The van der Waals surface area contributed by atoms with Crippen molar-refractivity contribution < 1.29 is 14.0 Å². The zero-order valence-corrected chi connectivity index (χ0v) is 13.9. The van der Waals surface area contributed by atoms with Gasteiger partial charge in [-0.15, -0.1) is 0 Å². The van der Waals surface area contributed by atoms with Crippen molar-refractivity contribution in [3.63, 3.8) is 0 Å². The third kappa shape index (κ3) is 3.07. The highest BCUT2D eigenvalue weighted by atomic mass is 19.1. The number of nitrogens with zero attached hydrogens (tertiary/aromatic N) is 4. The van der Waals surface area contributed by atoms with Crippen LogP contribution in [0.4, 0.5) is 10.1 Å². The van der Waals surface area contributed by atoms with Gasteiger partial charge in [-0.3, -0.25) is 19.2 Å². The monoisotopic (exact) mass is 342 g/mol. The van der Waals surface area contributed by atoms with Crippen molar-refractivity contribution in [3.05, 3.63) is 48.0 Å². The van der Waals surface area contributed by atoms with Crippen LogP contribution in [0.5, 0.6) is 0 Å². The van der Waals surface area contributed by atoms with E-state index in [4.69, 9.17) is 0 Å². The maximum absolute atomic E-state index is 13.1. The first-order valence-corrected chi connectivity index (χ1v) is 8.38. The average Bonchev–Trinajstić information content (AvgIpc) is 3.27. The zero-order valence-electron chi connectivity index (χ0n) is 13.9. The van der Waals surface area contributed by atoms with Gasteiger partial charge in [-0.2, -0.15) is 5.10 Å². The highest BCUT2D eigenvalue weighted by molar-refractivity contribution is 6.22. The number of aryl methyl sites for hydroxylation is 1. The van der Waals surface area contributed by atoms with E-state index in [0.717, 1.165) is 18.4 Å². The minimum absolute atomic E-state index is 0.172. The van der Waals surface area contributed by atoms with Gasteiger partial charge in [-0.25, -0.2) is 9.29 Å². The lowest BCUT2D eigenvalue weighted by Crippen LogP contribution is -2.43. The second-order valence-corrected chi connectivity index (χ2v) is 6.69. The summed E-state index contributed by atoms with van der Waals surface area (Å²) in [5.74, 6) is -0.684. The predicted molar refractivity (Wildman–Crippen MR) is 89.1 cm³/mol. The number of carbonyl (C=O) groups is 2. The molecule has 130 valence electrons. The Morgan fingerprint density at radius 1 is 1.24 bits per heavy atom. The lowest BCUT2D eigenvalue weighted by atomic mass is 10.1. The lowest BCUT2D eigenvalue weighted by molar-refractivity contribution is -0.123. The standard InChI is InChI=1S/C18H19FN4O2/c1-21-11-15(9-20-21)23-17(24)8-16(18(23)25)22(14-6-7-14)10-12-2-4-13(19)5-3-12/h2-5,9,11,14,16H,6-8,10H2,1H3. The number of amides is 2. The molecular weight excluding hydrogens is 323 g/mol. The maximum Gasteiger partial charge on any atom is 0.251 e. The van der Waals surface area contributed by atoms with Gasteiger partial charge in [0.2, 0.25) is 5.91 Å². The van der Waals surface area contributed by atoms with Gasteiger partial charge in [-0.1, -0.05) is 12.1 Å². The van der Waals surface area contributed by atoms with E-state index in [9.17, 15) is 14.0 Å². The summed E-state index contributed by atoms with van der Waals surface area (Å²) in [5, 5.41) is 4.04. The summed E-state index contributed by atoms with van der Waals surface area (Å²) < 4.78 is 14.7. The van der Waals surface area contributed by atoms with Crippen molar-refractivity contribution in [1.29, 1.82) is 0 Å². The molecular formula is C18H19FN4O2. The van der Waals surface area contributed by atoms with E-state index in [2.05, 4.69) is 10.00 Å². The molecule has 2 fully saturated rings. The minimum atomic E-state index is -0.467. The van der Waals surface area contributed by atoms with Crippen molar-refractivity contribution in [2.45, 2.75) is 37.9 Å². The van der Waals surface area contributed by atoms with Crippen molar-refractivity contribution >= 4 is 17.5 Å². The van der Waals surface area contributed by atoms with Gasteiger partial charge in [0, 0.05) is 25.8 Å². The Balaban J connectivity index is 1.57. The van der Waals surface area contributed by atoms with E-state index in [1.807, 2.05) is 0 Å². The smallest absolute Gasteiger partial charge is 0.251 e. The highest BCUT2D eigenvalue weighted by Gasteiger charge is 2.47. The van der Waals surface area contributed by atoms with Crippen LogP contribution < -0.4 is 4.90 Å². The largest absolute Gasteiger partial charge is 0.284 e. The Morgan fingerprint density at radius 2 is 1.96 bits per heavy atom. The van der Waals surface area contributed by atoms with Crippen LogP contribution in [-0.4, -0.2) is 38.6 Å². The molecule has 2 aliphatic rings. The molecule has 6 nitrogen and oxygen atoms in total. The number of carbonyl (C=O) groups excluding carboxylic acids is 2. The lowest BCUT2D eigenvalue weighted by Gasteiger charge is -2.27. The zero-order chi connectivity index (χ0) is 17.6. The van der Waals surface area contributed by atoms with Gasteiger partial charge >= 0.3 is 0 Å². The molecule has 1 atom stereocenters. The Kier molecular flexibility index (Phi) is 3.88. The number of imide groups is 1. The van der Waals surface area contributed by atoms with Gasteiger partial charge in [0.25, 0.3) is 5.91 Å². The SMILES string of the molecule is Cn1cc(N2C(=O)CC(N(Cc3ccc(F)cc3)C3CC3)C2=O)cn1. The van der Waals surface area contributed by atoms with E-state index in [0.29, 0.717) is 18.3 Å². The van der Waals surface area contributed by atoms with Crippen LogP contribution in [0.2, 0.25) is 0 Å². The fourth-order valence-electron chi connectivity index (χ4n) is 3.37. The van der Waals surface area contributed by atoms with Crippen molar-refractivity contribution in [2.75, 3.05) is 4.90 Å². The third-order valence-corrected chi connectivity index (χ3v) is 4.77. The van der Waals surface area contributed by atoms with Crippen LogP contribution in [0.15, 0.2) is 36.7 Å². The molecule has 1 aromatic heterocycles. The number of anilines is 1. The average molecular weight is 342 g/mol. The molecule has 7 heteroatoms. The molecule has 1 unspecified atom stereocenters. The summed E-state index contributed by atoms with van der Waals surface area (Å²) in [6.07, 6.45) is 5.41. The van der Waals surface area contributed by atoms with Gasteiger partial charge in [-0.05, 0) is 30.5 Å². The maximum atomic E-state index is 13.1. The molecule has 0 N–H and O–H groups in total. The Morgan fingerprint density at radius 3 is 2.56 bits per heavy atom. The fourth-order valence-corrected chi connectivity index (χ4v) is 3.37. The number of hydrogen-bond acceptors (Lipinski definition) is 4. The first-order chi connectivity index (χ1) is 12.0. The second kappa shape index (κ2) is 6.07. The van der Waals surface area contributed by atoms with Crippen LogP contribution in [0, 0.1) is 5.82 Å². The van der Waals surface area contributed by atoms with Crippen molar-refractivity contribution in [3.8, 4) is 0 Å². The molecule has 0 radical (unpaired) electrons. The first-order valence-electron chi connectivity index (χ1n) is 8.38. The molecule has 1 saturated carbocycles. The molecule has 1 aliphatic carbocycles. The topological polar surface area (TPSA) is 58.4 Å². The van der Waals surface area contributed by atoms with E-state index < -0.39 is 6.04 Å². The Bertz CT molecular complexity index is 813. The number of aromatic nitrogens is 2. The minimum Gasteiger partial charge on any atom is -0.284 e. The molecule has 25 heavy (non-hydrogen) atoms. The summed E-state index contributed by atoms with van der Waals surface area (Å²) in [7, 11) is 1.75. The van der Waals surface area contributed by atoms with Crippen LogP contribution in [-0.2, 0) is 23.2 Å². The quantitative estimate of drug-likeness (QED) is 0.778. The van der Waals surface area contributed by atoms with Crippen LogP contribution in [0.25, 0.3) is 0 Å². The number of hydrogen-bond donors (Lipinski definition) is 0. The van der Waals surface area contributed by atoms with E-state index >= 15 is 0 Å². The van der Waals surface area contributed by atoms with Crippen molar-refractivity contribution in [2.24, 2.45) is 7.05 Å². The van der Waals surface area contributed by atoms with Crippen LogP contribution >= 0.6 is 0 Å². The fraction of sp³-hybridized carbons (Fsp3) is 0.389. The van der Waals surface area contributed by atoms with Gasteiger partial charge in [0.05, 0.1) is 24.3 Å². The molecule has 4 rings (SSSR count). The van der Waals surface area contributed by atoms with E-state index in [1.54, 1.807) is 30.1 Å². The normalized spacial score (nSPS) is 20.8. The number of rotatable bonds is 5. The molecule has 2 aromatic rings. The molecule has 1 aliphatic heterocycles. The number of benzene rings is 1. The van der Waals surface area contributed by atoms with Crippen LogP contribution in [0.1, 0.15) is 24.8 Å². The molecule has 2 amide bonds. The molecule has 1 saturated heterocycles. The van der Waals surface area contributed by atoms with E-state index in [1.165, 1.54) is 23.2 Å². The summed E-state index contributed by atoms with van der Waals surface area (Å²) in [5.41, 5.74) is 1.45. The summed E-state index contributed by atoms with van der Waals surface area (Å²) >= 11 is 0. The van der Waals surface area contributed by atoms with Crippen molar-refractivity contribution in [1.82, 2.24) is 14.7 Å². The van der Waals surface area contributed by atoms with Gasteiger partial charge < -0.3 is 0 Å². The molecule has 0 bridgehead atoms. The molecule has 1 aromatic carbocycles. The number of halogens is 1. The predicted octanol–water partition coefficient (Wildman–Crippen LogP) is 1.86. The summed E-state index contributed by atoms with van der Waals surface area (Å²) in [6.45, 7) is 0.537. The Labute approximate surface area is 144 Å². The van der Waals surface area contributed by atoms with Gasteiger partial charge in [0.1, 0.15) is 5.82 Å². The van der Waals surface area contributed by atoms with E-state index in [-0.39, 0.29) is 24.1 Å². The first kappa shape index (κ1) is 16.0. The van der Waals surface area contributed by atoms with Crippen LogP contribution in [0.3, 0.4) is 0 Å². The molecule has 0 spiro atoms.